The Bertz CT molecular complexity index is 484. The van der Waals surface area contributed by atoms with E-state index in [1.807, 2.05) is 12.3 Å². The van der Waals surface area contributed by atoms with Crippen LogP contribution in [0.25, 0.3) is 0 Å². The van der Waals surface area contributed by atoms with Gasteiger partial charge in [0.1, 0.15) is 10.3 Å². The maximum absolute atomic E-state index is 5.95. The summed E-state index contributed by atoms with van der Waals surface area (Å²) in [6.07, 6.45) is 3.73. The third-order valence-corrected chi connectivity index (χ3v) is 2.92. The van der Waals surface area contributed by atoms with Gasteiger partial charge < -0.3 is 0 Å². The average Bonchev–Trinajstić information content (AvgIpc) is 2.56. The van der Waals surface area contributed by atoms with Crippen molar-refractivity contribution in [3.63, 3.8) is 0 Å². The van der Waals surface area contributed by atoms with Crippen LogP contribution in [0.1, 0.15) is 5.56 Å². The third kappa shape index (κ3) is 2.83. The maximum Gasteiger partial charge on any atom is 0.135 e. The summed E-state index contributed by atoms with van der Waals surface area (Å²) < 4.78 is 2.89. The van der Waals surface area contributed by atoms with E-state index >= 15 is 0 Å². The Morgan fingerprint density at radius 2 is 2.13 bits per heavy atom. The molecule has 0 radical (unpaired) electrons. The average molecular weight is 354 g/mol. The van der Waals surface area contributed by atoms with Crippen LogP contribution in [0.2, 0.25) is 10.3 Å². The molecule has 0 aliphatic carbocycles. The van der Waals surface area contributed by atoms with Crippen LogP contribution in [-0.4, -0.2) is 14.8 Å². The lowest BCUT2D eigenvalue weighted by atomic mass is 10.3. The number of hydrogen-bond donors (Lipinski definition) is 0. The van der Waals surface area contributed by atoms with Crippen molar-refractivity contribution in [3.05, 3.63) is 44.0 Å². The molecule has 0 spiro atoms. The van der Waals surface area contributed by atoms with Gasteiger partial charge in [0.25, 0.3) is 0 Å². The van der Waals surface area contributed by atoms with Crippen molar-refractivity contribution < 1.29 is 0 Å². The molecule has 78 valence electrons. The highest BCUT2D eigenvalue weighted by Gasteiger charge is 2.04. The zero-order chi connectivity index (χ0) is 10.8. The van der Waals surface area contributed by atoms with Gasteiger partial charge in [-0.3, -0.25) is 4.68 Å². The van der Waals surface area contributed by atoms with Crippen molar-refractivity contribution in [2.75, 3.05) is 0 Å². The molecule has 0 unspecified atom stereocenters. The molecule has 0 saturated heterocycles. The minimum atomic E-state index is 0.402. The van der Waals surface area contributed by atoms with Gasteiger partial charge in [-0.25, -0.2) is 4.98 Å². The van der Waals surface area contributed by atoms with E-state index in [9.17, 15) is 0 Å². The van der Waals surface area contributed by atoms with Crippen LogP contribution in [0.3, 0.4) is 0 Å². The van der Waals surface area contributed by atoms with E-state index in [0.717, 1.165) is 9.13 Å². The topological polar surface area (TPSA) is 30.7 Å². The summed E-state index contributed by atoms with van der Waals surface area (Å²) in [5, 5.41) is 4.99. The first-order valence-electron chi connectivity index (χ1n) is 4.14. The van der Waals surface area contributed by atoms with E-state index in [2.05, 4.69) is 32.7 Å². The Labute approximate surface area is 111 Å². The molecular formula is C9H6Cl2IN3. The normalized spacial score (nSPS) is 10.6. The molecule has 2 aromatic rings. The zero-order valence-electron chi connectivity index (χ0n) is 7.49. The lowest BCUT2D eigenvalue weighted by Gasteiger charge is -2.03. The van der Waals surface area contributed by atoms with E-state index in [1.54, 1.807) is 16.9 Å². The number of pyridine rings is 1. The van der Waals surface area contributed by atoms with Crippen molar-refractivity contribution in [2.45, 2.75) is 6.54 Å². The van der Waals surface area contributed by atoms with Crippen LogP contribution in [0, 0.1) is 3.57 Å². The minimum absolute atomic E-state index is 0.402. The molecule has 0 aliphatic rings. The molecule has 15 heavy (non-hydrogen) atoms. The summed E-state index contributed by atoms with van der Waals surface area (Å²) in [6.45, 7) is 0.603. The molecule has 2 heterocycles. The molecule has 0 atom stereocenters. The molecule has 2 rings (SSSR count). The number of hydrogen-bond acceptors (Lipinski definition) is 2. The molecule has 0 saturated carbocycles. The van der Waals surface area contributed by atoms with E-state index in [-0.39, 0.29) is 0 Å². The van der Waals surface area contributed by atoms with Gasteiger partial charge >= 0.3 is 0 Å². The second-order valence-electron chi connectivity index (χ2n) is 2.94. The number of aromatic nitrogens is 3. The maximum atomic E-state index is 5.95. The molecule has 0 amide bonds. The van der Waals surface area contributed by atoms with Crippen molar-refractivity contribution >= 4 is 45.8 Å². The van der Waals surface area contributed by atoms with Gasteiger partial charge in [-0.1, -0.05) is 29.3 Å². The van der Waals surface area contributed by atoms with Crippen LogP contribution >= 0.6 is 45.8 Å². The summed E-state index contributed by atoms with van der Waals surface area (Å²) in [4.78, 5) is 3.96. The highest BCUT2D eigenvalue weighted by Crippen LogP contribution is 2.17. The number of halogens is 3. The van der Waals surface area contributed by atoms with E-state index < -0.39 is 0 Å². The highest BCUT2D eigenvalue weighted by molar-refractivity contribution is 14.1. The minimum Gasteiger partial charge on any atom is -0.267 e. The second kappa shape index (κ2) is 4.67. The monoisotopic (exact) mass is 353 g/mol. The fourth-order valence-electron chi connectivity index (χ4n) is 1.16. The molecule has 0 aliphatic heterocycles. The lowest BCUT2D eigenvalue weighted by molar-refractivity contribution is 0.685. The van der Waals surface area contributed by atoms with Gasteiger partial charge in [-0.05, 0) is 28.7 Å². The number of rotatable bonds is 2. The van der Waals surface area contributed by atoms with Crippen LogP contribution < -0.4 is 0 Å². The Morgan fingerprint density at radius 3 is 2.73 bits per heavy atom. The SMILES string of the molecule is Clc1ccc(Cn2cc(I)cn2)c(Cl)n1. The van der Waals surface area contributed by atoms with E-state index in [4.69, 9.17) is 23.2 Å². The van der Waals surface area contributed by atoms with Crippen LogP contribution in [0.4, 0.5) is 0 Å². The Balaban J connectivity index is 2.24. The van der Waals surface area contributed by atoms with Crippen molar-refractivity contribution in [1.29, 1.82) is 0 Å². The lowest BCUT2D eigenvalue weighted by Crippen LogP contribution is -2.01. The molecule has 2 aromatic heterocycles. The van der Waals surface area contributed by atoms with Gasteiger partial charge in [-0.2, -0.15) is 5.10 Å². The summed E-state index contributed by atoms with van der Waals surface area (Å²) in [5.41, 5.74) is 0.903. The first-order chi connectivity index (χ1) is 7.15. The Kier molecular flexibility index (Phi) is 3.48. The fraction of sp³-hybridized carbons (Fsp3) is 0.111. The largest absolute Gasteiger partial charge is 0.267 e. The van der Waals surface area contributed by atoms with Crippen LogP contribution in [0.5, 0.6) is 0 Å². The van der Waals surface area contributed by atoms with E-state index in [0.29, 0.717) is 16.9 Å². The predicted octanol–water partition coefficient (Wildman–Crippen LogP) is 3.24. The molecule has 0 bridgehead atoms. The van der Waals surface area contributed by atoms with Gasteiger partial charge in [0, 0.05) is 11.8 Å². The standard InChI is InChI=1S/C9H6Cl2IN3/c10-8-2-1-6(9(11)14-8)4-15-5-7(12)3-13-15/h1-3,5H,4H2. The summed E-state index contributed by atoms with van der Waals surface area (Å²) in [5.74, 6) is 0. The summed E-state index contributed by atoms with van der Waals surface area (Å²) in [6, 6.07) is 3.57. The smallest absolute Gasteiger partial charge is 0.135 e. The molecule has 0 aromatic carbocycles. The number of nitrogens with zero attached hydrogens (tertiary/aromatic N) is 3. The van der Waals surface area contributed by atoms with Crippen molar-refractivity contribution in [3.8, 4) is 0 Å². The first kappa shape index (κ1) is 11.2. The fourth-order valence-corrected chi connectivity index (χ4v) is 2.01. The highest BCUT2D eigenvalue weighted by atomic mass is 127. The summed E-state index contributed by atoms with van der Waals surface area (Å²) >= 11 is 13.9. The van der Waals surface area contributed by atoms with Gasteiger partial charge in [0.15, 0.2) is 0 Å². The van der Waals surface area contributed by atoms with Crippen LogP contribution in [-0.2, 0) is 6.54 Å². The molecule has 0 fully saturated rings. The van der Waals surface area contributed by atoms with Gasteiger partial charge in [0.2, 0.25) is 0 Å². The first-order valence-corrected chi connectivity index (χ1v) is 5.97. The van der Waals surface area contributed by atoms with Crippen molar-refractivity contribution in [1.82, 2.24) is 14.8 Å². The summed E-state index contributed by atoms with van der Waals surface area (Å²) in [7, 11) is 0. The Morgan fingerprint density at radius 1 is 1.33 bits per heavy atom. The van der Waals surface area contributed by atoms with Gasteiger partial charge in [0.05, 0.1) is 16.3 Å². The Hall–Kier alpha value is -0.330. The second-order valence-corrected chi connectivity index (χ2v) is 4.93. The molecule has 0 N–H and O–H groups in total. The zero-order valence-corrected chi connectivity index (χ0v) is 11.2. The molecular weight excluding hydrogens is 348 g/mol. The quantitative estimate of drug-likeness (QED) is 0.613. The van der Waals surface area contributed by atoms with Crippen molar-refractivity contribution in [2.24, 2.45) is 0 Å². The van der Waals surface area contributed by atoms with E-state index in [1.165, 1.54) is 0 Å². The third-order valence-electron chi connectivity index (χ3n) is 1.83. The van der Waals surface area contributed by atoms with Gasteiger partial charge in [-0.15, -0.1) is 0 Å². The predicted molar refractivity (Wildman–Crippen MR) is 68.3 cm³/mol. The molecule has 3 nitrogen and oxygen atoms in total. The van der Waals surface area contributed by atoms with Crippen LogP contribution in [0.15, 0.2) is 24.5 Å². The molecule has 6 heteroatoms.